The molecular formula is C18H15Cl2N5O4S2. The molecule has 0 radical (unpaired) electrons. The lowest BCUT2D eigenvalue weighted by atomic mass is 9.97. The van der Waals surface area contributed by atoms with Gasteiger partial charge in [-0.25, -0.2) is 9.67 Å². The van der Waals surface area contributed by atoms with Crippen molar-refractivity contribution < 1.29 is 20.1 Å². The lowest BCUT2D eigenvalue weighted by Gasteiger charge is -2.41. The van der Waals surface area contributed by atoms with E-state index in [1.165, 1.54) is 22.2 Å². The number of rotatable bonds is 5. The summed E-state index contributed by atoms with van der Waals surface area (Å²) in [5, 5.41) is 51.8. The summed E-state index contributed by atoms with van der Waals surface area (Å²) in [5.74, 6) is 0. The minimum atomic E-state index is -1.26. The molecule has 9 nitrogen and oxygen atoms in total. The monoisotopic (exact) mass is 499 g/mol. The summed E-state index contributed by atoms with van der Waals surface area (Å²) in [6.07, 6.45) is -1.96. The summed E-state index contributed by atoms with van der Waals surface area (Å²) < 4.78 is 7.04. The van der Waals surface area contributed by atoms with E-state index in [1.807, 2.05) is 0 Å². The Balaban J connectivity index is 1.64. The minimum absolute atomic E-state index is 0.326. The highest BCUT2D eigenvalue weighted by molar-refractivity contribution is 7.99. The van der Waals surface area contributed by atoms with Crippen molar-refractivity contribution in [2.75, 3.05) is 6.61 Å². The maximum Gasteiger partial charge on any atom is 0.147 e. The van der Waals surface area contributed by atoms with Crippen molar-refractivity contribution in [3.05, 3.63) is 45.5 Å². The fraction of sp³-hybridized carbons (Fsp3) is 0.333. The Bertz CT molecular complexity index is 1120. The molecule has 0 bridgehead atoms. The molecular weight excluding hydrogens is 485 g/mol. The number of nitrogens with zero attached hydrogens (tertiary/aromatic N) is 5. The van der Waals surface area contributed by atoms with Crippen LogP contribution in [0.25, 0.3) is 10.7 Å². The van der Waals surface area contributed by atoms with Gasteiger partial charge in [0, 0.05) is 15.3 Å². The highest BCUT2D eigenvalue weighted by Crippen LogP contribution is 2.40. The van der Waals surface area contributed by atoms with E-state index in [0.29, 0.717) is 31.3 Å². The Morgan fingerprint density at radius 1 is 1.29 bits per heavy atom. The van der Waals surface area contributed by atoms with Crippen LogP contribution in [0.4, 0.5) is 0 Å². The number of thioether (sulfide) groups is 1. The van der Waals surface area contributed by atoms with Gasteiger partial charge in [-0.15, -0.1) is 16.4 Å². The number of thiazole rings is 1. The van der Waals surface area contributed by atoms with Gasteiger partial charge in [0.25, 0.3) is 0 Å². The number of nitriles is 1. The minimum Gasteiger partial charge on any atom is -0.394 e. The Labute approximate surface area is 194 Å². The van der Waals surface area contributed by atoms with Gasteiger partial charge in [0.2, 0.25) is 0 Å². The Morgan fingerprint density at radius 2 is 2.10 bits per heavy atom. The normalized spacial score (nSPS) is 26.0. The maximum atomic E-state index is 11.0. The Kier molecular flexibility index (Phi) is 6.80. The number of hydrogen-bond donors (Lipinski definition) is 3. The zero-order chi connectivity index (χ0) is 22.1. The number of aliphatic hydroxyl groups is 3. The molecule has 13 heteroatoms. The van der Waals surface area contributed by atoms with Crippen LogP contribution < -0.4 is 0 Å². The van der Waals surface area contributed by atoms with Crippen LogP contribution in [0.2, 0.25) is 10.2 Å². The molecule has 1 fully saturated rings. The quantitative estimate of drug-likeness (QED) is 0.482. The first-order chi connectivity index (χ1) is 14.9. The van der Waals surface area contributed by atoms with Crippen molar-refractivity contribution in [1.29, 1.82) is 5.26 Å². The molecule has 1 saturated heterocycles. The van der Waals surface area contributed by atoms with E-state index in [1.54, 1.807) is 23.6 Å². The Hall–Kier alpha value is -1.75. The van der Waals surface area contributed by atoms with Crippen molar-refractivity contribution in [3.63, 3.8) is 0 Å². The molecule has 1 aromatic carbocycles. The third kappa shape index (κ3) is 4.57. The summed E-state index contributed by atoms with van der Waals surface area (Å²) in [6.45, 7) is -0.480. The van der Waals surface area contributed by atoms with Crippen molar-refractivity contribution in [2.45, 2.75) is 34.7 Å². The predicted molar refractivity (Wildman–Crippen MR) is 115 cm³/mol. The lowest BCUT2D eigenvalue weighted by Crippen LogP contribution is -2.55. The smallest absolute Gasteiger partial charge is 0.147 e. The summed E-state index contributed by atoms with van der Waals surface area (Å²) in [5.41, 5.74) is -0.135. The molecule has 1 aliphatic rings. The number of aromatic nitrogens is 4. The summed E-state index contributed by atoms with van der Waals surface area (Å²) >= 11 is 14.3. The molecule has 3 heterocycles. The lowest BCUT2D eigenvalue weighted by molar-refractivity contribution is -0.178. The average Bonchev–Trinajstić information content (AvgIpc) is 3.39. The van der Waals surface area contributed by atoms with Gasteiger partial charge in [0.05, 0.1) is 18.4 Å². The van der Waals surface area contributed by atoms with Crippen LogP contribution in [0.15, 0.2) is 34.7 Å². The second-order valence-corrected chi connectivity index (χ2v) is 9.45. The third-order valence-electron chi connectivity index (χ3n) is 4.67. The van der Waals surface area contributed by atoms with Gasteiger partial charge >= 0.3 is 0 Å². The van der Waals surface area contributed by atoms with Crippen LogP contribution in [-0.4, -0.2) is 65.7 Å². The molecule has 4 rings (SSSR count). The zero-order valence-corrected chi connectivity index (χ0v) is 18.7. The summed E-state index contributed by atoms with van der Waals surface area (Å²) in [4.78, 5) is 4.64. The van der Waals surface area contributed by atoms with Crippen LogP contribution in [0.3, 0.4) is 0 Å². The maximum absolute atomic E-state index is 11.0. The molecule has 5 unspecified atom stereocenters. The van der Waals surface area contributed by atoms with Gasteiger partial charge in [-0.1, -0.05) is 40.2 Å². The molecule has 1 aliphatic heterocycles. The number of hydrogen-bond acceptors (Lipinski definition) is 10. The molecule has 0 spiro atoms. The number of ether oxygens (including phenoxy) is 1. The first kappa shape index (κ1) is 22.4. The average molecular weight is 500 g/mol. The van der Waals surface area contributed by atoms with Gasteiger partial charge in [0.15, 0.2) is 0 Å². The number of aliphatic hydroxyl groups excluding tert-OH is 3. The van der Waals surface area contributed by atoms with Gasteiger partial charge in [0.1, 0.15) is 51.7 Å². The summed E-state index contributed by atoms with van der Waals surface area (Å²) in [7, 11) is 0. The topological polar surface area (TPSA) is 137 Å². The van der Waals surface area contributed by atoms with Crippen LogP contribution in [0.1, 0.15) is 11.6 Å². The molecule has 3 N–H and O–H groups in total. The van der Waals surface area contributed by atoms with E-state index in [4.69, 9.17) is 27.9 Å². The van der Waals surface area contributed by atoms with E-state index < -0.39 is 36.4 Å². The van der Waals surface area contributed by atoms with Crippen LogP contribution >= 0.6 is 46.3 Å². The molecule has 0 aliphatic carbocycles. The highest BCUT2D eigenvalue weighted by atomic mass is 35.5. The highest BCUT2D eigenvalue weighted by Gasteiger charge is 2.46. The van der Waals surface area contributed by atoms with Crippen molar-refractivity contribution in [1.82, 2.24) is 20.0 Å². The standard InChI is InChI=1S/C18H15Cl2N5O4S2/c19-9-2-1-8(4-21)12(3-9)31-18-16(28)14(15(27)11(6-26)29-18)25-5-10(23-24-25)17-22-13(20)7-30-17/h1-3,5,7,11,14-16,18,26-28H,6H2. The second kappa shape index (κ2) is 9.40. The van der Waals surface area contributed by atoms with E-state index in [9.17, 15) is 20.6 Å². The molecule has 162 valence electrons. The first-order valence-corrected chi connectivity index (χ1v) is 11.4. The first-order valence-electron chi connectivity index (χ1n) is 8.93. The van der Waals surface area contributed by atoms with E-state index in [-0.39, 0.29) is 0 Å². The van der Waals surface area contributed by atoms with Crippen LogP contribution in [0.5, 0.6) is 0 Å². The van der Waals surface area contributed by atoms with Crippen molar-refractivity contribution >= 4 is 46.3 Å². The zero-order valence-electron chi connectivity index (χ0n) is 15.5. The second-order valence-electron chi connectivity index (χ2n) is 6.63. The van der Waals surface area contributed by atoms with Crippen molar-refractivity contribution in [3.8, 4) is 16.8 Å². The number of halogens is 2. The van der Waals surface area contributed by atoms with E-state index >= 15 is 0 Å². The van der Waals surface area contributed by atoms with Gasteiger partial charge < -0.3 is 20.1 Å². The molecule has 5 atom stereocenters. The molecule has 3 aromatic rings. The molecule has 0 saturated carbocycles. The molecule has 0 amide bonds. The van der Waals surface area contributed by atoms with Gasteiger partial charge in [-0.2, -0.15) is 5.26 Å². The van der Waals surface area contributed by atoms with Gasteiger partial charge in [-0.3, -0.25) is 0 Å². The largest absolute Gasteiger partial charge is 0.394 e. The third-order valence-corrected chi connectivity index (χ3v) is 7.30. The van der Waals surface area contributed by atoms with Crippen LogP contribution in [-0.2, 0) is 4.74 Å². The van der Waals surface area contributed by atoms with E-state index in [2.05, 4.69) is 21.4 Å². The summed E-state index contributed by atoms with van der Waals surface area (Å²) in [6, 6.07) is 5.85. The molecule has 2 aromatic heterocycles. The van der Waals surface area contributed by atoms with E-state index in [0.717, 1.165) is 11.8 Å². The predicted octanol–water partition coefficient (Wildman–Crippen LogP) is 2.35. The number of benzene rings is 1. The molecule has 31 heavy (non-hydrogen) atoms. The SMILES string of the molecule is N#Cc1ccc(Cl)cc1SC1OC(CO)C(O)C(n2cc(-c3nc(Cl)cs3)nn2)C1O. The van der Waals surface area contributed by atoms with Crippen molar-refractivity contribution in [2.24, 2.45) is 0 Å². The Morgan fingerprint density at radius 3 is 2.77 bits per heavy atom. The van der Waals surface area contributed by atoms with Gasteiger partial charge in [-0.05, 0) is 18.2 Å². The fourth-order valence-electron chi connectivity index (χ4n) is 3.18. The fourth-order valence-corrected chi connectivity index (χ4v) is 5.50. The van der Waals surface area contributed by atoms with Crippen LogP contribution in [0, 0.1) is 11.3 Å².